The van der Waals surface area contributed by atoms with Gasteiger partial charge in [0.25, 0.3) is 0 Å². The Morgan fingerprint density at radius 1 is 1.08 bits per heavy atom. The lowest BCUT2D eigenvalue weighted by Crippen LogP contribution is -2.16. The van der Waals surface area contributed by atoms with Gasteiger partial charge in [0, 0.05) is 12.3 Å². The summed E-state index contributed by atoms with van der Waals surface area (Å²) in [4.78, 5) is 24.1. The van der Waals surface area contributed by atoms with Gasteiger partial charge in [-0.1, -0.05) is 42.5 Å². The Morgan fingerprint density at radius 3 is 2.38 bits per heavy atom. The van der Waals surface area contributed by atoms with Gasteiger partial charge in [0.1, 0.15) is 17.1 Å². The first-order valence-electron chi connectivity index (χ1n) is 7.37. The molecular formula is C19H17ClO4. The molecule has 1 heterocycles. The third-order valence-electron chi connectivity index (χ3n) is 3.86. The molecule has 24 heavy (non-hydrogen) atoms. The van der Waals surface area contributed by atoms with Crippen LogP contribution in [-0.4, -0.2) is 10.9 Å². The smallest absolute Gasteiger partial charge is 0.343 e. The SMILES string of the molecule is CC(=O)CC(c1ccccc1)c1c(O)c2ccccc2oc1=O.Cl. The van der Waals surface area contributed by atoms with Crippen LogP contribution in [0.15, 0.2) is 63.8 Å². The number of benzene rings is 2. The second kappa shape index (κ2) is 7.32. The van der Waals surface area contributed by atoms with Gasteiger partial charge in [0.05, 0.1) is 10.9 Å². The van der Waals surface area contributed by atoms with E-state index >= 15 is 0 Å². The van der Waals surface area contributed by atoms with E-state index in [9.17, 15) is 14.7 Å². The van der Waals surface area contributed by atoms with Crippen LogP contribution in [0.5, 0.6) is 5.75 Å². The van der Waals surface area contributed by atoms with E-state index in [4.69, 9.17) is 4.42 Å². The van der Waals surface area contributed by atoms with Crippen LogP contribution < -0.4 is 5.63 Å². The predicted molar refractivity (Wildman–Crippen MR) is 95.0 cm³/mol. The van der Waals surface area contributed by atoms with Crippen LogP contribution in [0.2, 0.25) is 0 Å². The van der Waals surface area contributed by atoms with Crippen molar-refractivity contribution in [1.29, 1.82) is 0 Å². The van der Waals surface area contributed by atoms with Gasteiger partial charge in [0.15, 0.2) is 0 Å². The van der Waals surface area contributed by atoms with Crippen LogP contribution in [0.1, 0.15) is 30.4 Å². The van der Waals surface area contributed by atoms with Gasteiger partial charge in [0.2, 0.25) is 0 Å². The lowest BCUT2D eigenvalue weighted by molar-refractivity contribution is -0.117. The molecule has 124 valence electrons. The van der Waals surface area contributed by atoms with Gasteiger partial charge in [-0.15, -0.1) is 12.4 Å². The molecule has 5 heteroatoms. The number of para-hydroxylation sites is 1. The molecule has 0 aliphatic heterocycles. The molecule has 0 saturated heterocycles. The highest BCUT2D eigenvalue weighted by Gasteiger charge is 2.25. The van der Waals surface area contributed by atoms with E-state index in [-0.39, 0.29) is 35.9 Å². The minimum atomic E-state index is -0.615. The van der Waals surface area contributed by atoms with Crippen molar-refractivity contribution in [3.63, 3.8) is 0 Å². The molecule has 0 fully saturated rings. The third kappa shape index (κ3) is 3.34. The van der Waals surface area contributed by atoms with Crippen molar-refractivity contribution in [2.75, 3.05) is 0 Å². The summed E-state index contributed by atoms with van der Waals surface area (Å²) in [5.41, 5.74) is 0.635. The molecule has 1 aromatic heterocycles. The summed E-state index contributed by atoms with van der Waals surface area (Å²) in [6.07, 6.45) is 0.126. The summed E-state index contributed by atoms with van der Waals surface area (Å²) in [6, 6.07) is 16.0. The average molecular weight is 345 g/mol. The van der Waals surface area contributed by atoms with E-state index < -0.39 is 11.5 Å². The second-order valence-corrected chi connectivity index (χ2v) is 5.52. The van der Waals surface area contributed by atoms with Crippen molar-refractivity contribution in [3.05, 3.63) is 76.1 Å². The first-order valence-corrected chi connectivity index (χ1v) is 7.37. The number of hydrogen-bond acceptors (Lipinski definition) is 4. The zero-order valence-corrected chi connectivity index (χ0v) is 13.9. The fraction of sp³-hybridized carbons (Fsp3) is 0.158. The number of Topliss-reactive ketones (excluding diaryl/α,β-unsaturated/α-hetero) is 1. The molecule has 0 bridgehead atoms. The van der Waals surface area contributed by atoms with Crippen LogP contribution in [0.25, 0.3) is 11.0 Å². The number of carbonyl (C=O) groups excluding carboxylic acids is 1. The third-order valence-corrected chi connectivity index (χ3v) is 3.86. The van der Waals surface area contributed by atoms with Crippen molar-refractivity contribution >= 4 is 29.2 Å². The molecular weight excluding hydrogens is 328 g/mol. The summed E-state index contributed by atoms with van der Waals surface area (Å²) in [6.45, 7) is 1.47. The van der Waals surface area contributed by atoms with Gasteiger partial charge >= 0.3 is 5.63 Å². The first-order chi connectivity index (χ1) is 11.1. The number of halogens is 1. The molecule has 1 atom stereocenters. The van der Waals surface area contributed by atoms with E-state index in [1.807, 2.05) is 30.3 Å². The highest BCUT2D eigenvalue weighted by Crippen LogP contribution is 2.35. The largest absolute Gasteiger partial charge is 0.507 e. The number of carbonyl (C=O) groups is 1. The first kappa shape index (κ1) is 17.8. The van der Waals surface area contributed by atoms with Crippen LogP contribution in [0.3, 0.4) is 0 Å². The lowest BCUT2D eigenvalue weighted by atomic mass is 9.87. The molecule has 1 unspecified atom stereocenters. The minimum absolute atomic E-state index is 0. The fourth-order valence-electron chi connectivity index (χ4n) is 2.81. The van der Waals surface area contributed by atoms with Crippen LogP contribution in [-0.2, 0) is 4.79 Å². The maximum atomic E-state index is 12.4. The average Bonchev–Trinajstić information content (AvgIpc) is 2.54. The maximum absolute atomic E-state index is 12.4. The van der Waals surface area contributed by atoms with Crippen molar-refractivity contribution in [1.82, 2.24) is 0 Å². The highest BCUT2D eigenvalue weighted by atomic mass is 35.5. The zero-order valence-electron chi connectivity index (χ0n) is 13.1. The number of rotatable bonds is 4. The monoisotopic (exact) mass is 344 g/mol. The Hall–Kier alpha value is -2.59. The Morgan fingerprint density at radius 2 is 1.71 bits per heavy atom. The molecule has 0 aliphatic carbocycles. The normalized spacial score (nSPS) is 11.7. The molecule has 2 aromatic carbocycles. The van der Waals surface area contributed by atoms with Crippen molar-refractivity contribution in [3.8, 4) is 5.75 Å². The van der Waals surface area contributed by atoms with E-state index in [1.165, 1.54) is 6.92 Å². The standard InChI is InChI=1S/C19H16O4.ClH/c1-12(20)11-15(13-7-3-2-4-8-13)17-18(21)14-9-5-6-10-16(14)23-19(17)22;/h2-10,15,21H,11H2,1H3;1H. The molecule has 0 saturated carbocycles. The summed E-state index contributed by atoms with van der Waals surface area (Å²) in [5.74, 6) is -0.715. The van der Waals surface area contributed by atoms with Gasteiger partial charge < -0.3 is 9.52 Å². The van der Waals surface area contributed by atoms with Gasteiger partial charge in [-0.2, -0.15) is 0 Å². The van der Waals surface area contributed by atoms with E-state index in [1.54, 1.807) is 24.3 Å². The molecule has 0 amide bonds. The van der Waals surface area contributed by atoms with Crippen molar-refractivity contribution < 1.29 is 14.3 Å². The molecule has 0 aliphatic rings. The summed E-state index contributed by atoms with van der Waals surface area (Å²) in [5, 5.41) is 11.1. The van der Waals surface area contributed by atoms with Crippen LogP contribution in [0, 0.1) is 0 Å². The Bertz CT molecular complexity index is 916. The fourth-order valence-corrected chi connectivity index (χ4v) is 2.81. The second-order valence-electron chi connectivity index (χ2n) is 5.52. The van der Waals surface area contributed by atoms with E-state index in [0.29, 0.717) is 11.0 Å². The van der Waals surface area contributed by atoms with Crippen LogP contribution >= 0.6 is 12.4 Å². The highest BCUT2D eigenvalue weighted by molar-refractivity contribution is 5.85. The molecule has 0 radical (unpaired) electrons. The lowest BCUT2D eigenvalue weighted by Gasteiger charge is -2.17. The number of hydrogen-bond donors (Lipinski definition) is 1. The number of fused-ring (bicyclic) bond motifs is 1. The van der Waals surface area contributed by atoms with Crippen LogP contribution in [0.4, 0.5) is 0 Å². The maximum Gasteiger partial charge on any atom is 0.343 e. The van der Waals surface area contributed by atoms with Gasteiger partial charge in [-0.3, -0.25) is 4.79 Å². The predicted octanol–water partition coefficient (Wildman–Crippen LogP) is 4.03. The quantitative estimate of drug-likeness (QED) is 0.725. The molecule has 4 nitrogen and oxygen atoms in total. The molecule has 1 N–H and O–H groups in total. The van der Waals surface area contributed by atoms with Crippen molar-refractivity contribution in [2.24, 2.45) is 0 Å². The molecule has 3 rings (SSSR count). The summed E-state index contributed by atoms with van der Waals surface area (Å²) < 4.78 is 5.33. The van der Waals surface area contributed by atoms with E-state index in [2.05, 4.69) is 0 Å². The Balaban J connectivity index is 0.00000208. The number of aromatic hydroxyl groups is 1. The van der Waals surface area contributed by atoms with Crippen molar-refractivity contribution in [2.45, 2.75) is 19.3 Å². The van der Waals surface area contributed by atoms with Gasteiger partial charge in [-0.25, -0.2) is 4.79 Å². The molecule has 0 spiro atoms. The summed E-state index contributed by atoms with van der Waals surface area (Å²) in [7, 11) is 0. The Labute approximate surface area is 145 Å². The zero-order chi connectivity index (χ0) is 16.4. The molecule has 3 aromatic rings. The minimum Gasteiger partial charge on any atom is -0.507 e. The van der Waals surface area contributed by atoms with E-state index in [0.717, 1.165) is 5.56 Å². The number of ketones is 1. The topological polar surface area (TPSA) is 67.5 Å². The Kier molecular flexibility index (Phi) is 5.42. The summed E-state index contributed by atoms with van der Waals surface area (Å²) >= 11 is 0. The van der Waals surface area contributed by atoms with Gasteiger partial charge in [-0.05, 0) is 24.6 Å².